The minimum absolute atomic E-state index is 0.114. The van der Waals surface area contributed by atoms with E-state index in [1.807, 2.05) is 79.7 Å². The van der Waals surface area contributed by atoms with Gasteiger partial charge in [0.25, 0.3) is 0 Å². The van der Waals surface area contributed by atoms with Crippen LogP contribution in [0.15, 0.2) is 72.8 Å². The van der Waals surface area contributed by atoms with E-state index in [-0.39, 0.29) is 5.92 Å². The molecule has 184 valence electrons. The van der Waals surface area contributed by atoms with E-state index in [1.165, 1.54) is 7.11 Å². The standard InChI is InChI=1S/C28H31NO6/c1-19(30)28(2)18-29(27(31)33-4)17-24(28)20-10-15-25(32-3)26(16-20)35-23-13-11-22(12-14-23)34-21-8-6-5-7-9-21/h5-16,19,24,30H,17-18H2,1-4H3/t19-,24+,28+/m0/s1. The van der Waals surface area contributed by atoms with Gasteiger partial charge in [-0.1, -0.05) is 31.2 Å². The number of hydrogen-bond acceptors (Lipinski definition) is 6. The van der Waals surface area contributed by atoms with Gasteiger partial charge in [-0.3, -0.25) is 0 Å². The van der Waals surface area contributed by atoms with Crippen LogP contribution in [0.5, 0.6) is 28.7 Å². The Morgan fingerprint density at radius 1 is 0.943 bits per heavy atom. The molecule has 0 aromatic heterocycles. The van der Waals surface area contributed by atoms with Crippen molar-refractivity contribution in [2.75, 3.05) is 27.3 Å². The highest BCUT2D eigenvalue weighted by molar-refractivity contribution is 5.68. The number of amides is 1. The molecule has 0 aliphatic carbocycles. The number of nitrogens with zero attached hydrogens (tertiary/aromatic N) is 1. The third kappa shape index (κ3) is 5.20. The second-order valence-electron chi connectivity index (χ2n) is 8.98. The fourth-order valence-electron chi connectivity index (χ4n) is 4.51. The predicted octanol–water partition coefficient (Wildman–Crippen LogP) is 5.83. The van der Waals surface area contributed by atoms with Crippen molar-refractivity contribution in [3.8, 4) is 28.7 Å². The summed E-state index contributed by atoms with van der Waals surface area (Å²) in [6.45, 7) is 4.58. The maximum Gasteiger partial charge on any atom is 0.409 e. The van der Waals surface area contributed by atoms with E-state index < -0.39 is 17.6 Å². The number of benzene rings is 3. The Labute approximate surface area is 205 Å². The van der Waals surface area contributed by atoms with E-state index in [0.717, 1.165) is 11.3 Å². The van der Waals surface area contributed by atoms with Crippen molar-refractivity contribution in [2.24, 2.45) is 5.41 Å². The summed E-state index contributed by atoms with van der Waals surface area (Å²) in [5.74, 6) is 3.10. The summed E-state index contributed by atoms with van der Waals surface area (Å²) in [6, 6.07) is 22.6. The average Bonchev–Trinajstić information content (AvgIpc) is 3.24. The number of aliphatic hydroxyl groups excluding tert-OH is 1. The quantitative estimate of drug-likeness (QED) is 0.461. The SMILES string of the molecule is COC(=O)N1C[C@H](c2ccc(OC)c(Oc3ccc(Oc4ccccc4)cc3)c2)[C@@](C)([C@H](C)O)C1. The molecule has 7 heteroatoms. The lowest BCUT2D eigenvalue weighted by Crippen LogP contribution is -2.38. The number of rotatable bonds is 7. The zero-order chi connectivity index (χ0) is 25.0. The van der Waals surface area contributed by atoms with Gasteiger partial charge in [0.05, 0.1) is 20.3 Å². The molecule has 1 amide bonds. The first kappa shape index (κ1) is 24.4. The summed E-state index contributed by atoms with van der Waals surface area (Å²) in [5.41, 5.74) is 0.399. The van der Waals surface area contributed by atoms with Crippen molar-refractivity contribution in [3.63, 3.8) is 0 Å². The first-order valence-corrected chi connectivity index (χ1v) is 11.5. The van der Waals surface area contributed by atoms with Crippen LogP contribution in [0.3, 0.4) is 0 Å². The summed E-state index contributed by atoms with van der Waals surface area (Å²) < 4.78 is 22.5. The first-order chi connectivity index (χ1) is 16.8. The fraction of sp³-hybridized carbons (Fsp3) is 0.321. The van der Waals surface area contributed by atoms with Crippen molar-refractivity contribution in [3.05, 3.63) is 78.4 Å². The Morgan fingerprint density at radius 3 is 2.17 bits per heavy atom. The van der Waals surface area contributed by atoms with Gasteiger partial charge in [-0.15, -0.1) is 0 Å². The van der Waals surface area contributed by atoms with Crippen molar-refractivity contribution < 1.29 is 28.8 Å². The lowest BCUT2D eigenvalue weighted by atomic mass is 9.72. The van der Waals surface area contributed by atoms with Gasteiger partial charge in [-0.2, -0.15) is 0 Å². The molecule has 7 nitrogen and oxygen atoms in total. The highest BCUT2D eigenvalue weighted by atomic mass is 16.5. The van der Waals surface area contributed by atoms with E-state index in [1.54, 1.807) is 18.9 Å². The average molecular weight is 478 g/mol. The van der Waals surface area contributed by atoms with Gasteiger partial charge in [0.2, 0.25) is 0 Å². The summed E-state index contributed by atoms with van der Waals surface area (Å²) >= 11 is 0. The lowest BCUT2D eigenvalue weighted by molar-refractivity contribution is 0.0470. The molecular weight excluding hydrogens is 446 g/mol. The minimum Gasteiger partial charge on any atom is -0.493 e. The molecule has 0 saturated carbocycles. The number of methoxy groups -OCH3 is 2. The van der Waals surface area contributed by atoms with Crippen LogP contribution in [0.2, 0.25) is 0 Å². The number of ether oxygens (including phenoxy) is 4. The highest BCUT2D eigenvalue weighted by Crippen LogP contribution is 2.47. The Hall–Kier alpha value is -3.71. The maximum absolute atomic E-state index is 12.2. The van der Waals surface area contributed by atoms with Crippen molar-refractivity contribution in [1.29, 1.82) is 0 Å². The van der Waals surface area contributed by atoms with E-state index >= 15 is 0 Å². The first-order valence-electron chi connectivity index (χ1n) is 11.5. The third-order valence-electron chi connectivity index (χ3n) is 6.74. The van der Waals surface area contributed by atoms with Gasteiger partial charge in [0, 0.05) is 24.4 Å². The monoisotopic (exact) mass is 477 g/mol. The molecule has 1 fully saturated rings. The van der Waals surface area contributed by atoms with Crippen molar-refractivity contribution in [1.82, 2.24) is 4.90 Å². The van der Waals surface area contributed by atoms with Crippen LogP contribution in [-0.4, -0.2) is 49.5 Å². The molecule has 1 saturated heterocycles. The number of carbonyl (C=O) groups excluding carboxylic acids is 1. The van der Waals surface area contributed by atoms with E-state index in [4.69, 9.17) is 18.9 Å². The van der Waals surface area contributed by atoms with Crippen LogP contribution in [-0.2, 0) is 4.74 Å². The Morgan fingerprint density at radius 2 is 1.57 bits per heavy atom. The zero-order valence-electron chi connectivity index (χ0n) is 20.4. The maximum atomic E-state index is 12.2. The molecule has 1 heterocycles. The third-order valence-corrected chi connectivity index (χ3v) is 6.74. The molecule has 3 aromatic rings. The highest BCUT2D eigenvalue weighted by Gasteiger charge is 2.48. The number of aliphatic hydroxyl groups is 1. The summed E-state index contributed by atoms with van der Waals surface area (Å²) in [5, 5.41) is 10.6. The van der Waals surface area contributed by atoms with Gasteiger partial charge in [0.15, 0.2) is 11.5 Å². The molecule has 0 radical (unpaired) electrons. The fourth-order valence-corrected chi connectivity index (χ4v) is 4.51. The van der Waals surface area contributed by atoms with Gasteiger partial charge in [-0.05, 0) is 61.0 Å². The van der Waals surface area contributed by atoms with Crippen LogP contribution in [0, 0.1) is 5.41 Å². The van der Waals surface area contributed by atoms with Crippen molar-refractivity contribution in [2.45, 2.75) is 25.9 Å². The topological polar surface area (TPSA) is 77.5 Å². The smallest absolute Gasteiger partial charge is 0.409 e. The van der Waals surface area contributed by atoms with E-state index in [9.17, 15) is 9.90 Å². The van der Waals surface area contributed by atoms with Gasteiger partial charge in [-0.25, -0.2) is 4.79 Å². The number of hydrogen-bond donors (Lipinski definition) is 1. The van der Waals surface area contributed by atoms with Crippen LogP contribution < -0.4 is 14.2 Å². The van der Waals surface area contributed by atoms with E-state index in [2.05, 4.69) is 0 Å². The molecule has 1 aliphatic rings. The minimum atomic E-state index is -0.634. The van der Waals surface area contributed by atoms with Crippen LogP contribution in [0.1, 0.15) is 25.3 Å². The van der Waals surface area contributed by atoms with Gasteiger partial charge < -0.3 is 29.0 Å². The Kier molecular flexibility index (Phi) is 7.17. The van der Waals surface area contributed by atoms with Crippen LogP contribution in [0.25, 0.3) is 0 Å². The predicted molar refractivity (Wildman–Crippen MR) is 133 cm³/mol. The Balaban J connectivity index is 1.57. The number of likely N-dealkylation sites (tertiary alicyclic amines) is 1. The Bertz CT molecular complexity index is 1150. The number of para-hydroxylation sites is 1. The normalized spacial score (nSPS) is 20.3. The molecule has 1 aliphatic heterocycles. The molecular formula is C28H31NO6. The molecule has 0 bridgehead atoms. The van der Waals surface area contributed by atoms with Gasteiger partial charge in [0.1, 0.15) is 17.2 Å². The summed E-state index contributed by atoms with van der Waals surface area (Å²) in [7, 11) is 2.96. The number of carbonyl (C=O) groups is 1. The summed E-state index contributed by atoms with van der Waals surface area (Å²) in [4.78, 5) is 13.9. The van der Waals surface area contributed by atoms with Crippen LogP contribution in [0.4, 0.5) is 4.79 Å². The van der Waals surface area contributed by atoms with Crippen molar-refractivity contribution >= 4 is 6.09 Å². The molecule has 35 heavy (non-hydrogen) atoms. The molecule has 1 N–H and O–H groups in total. The van der Waals surface area contributed by atoms with E-state index in [0.29, 0.717) is 36.1 Å². The molecule has 0 spiro atoms. The molecule has 3 aromatic carbocycles. The summed E-state index contributed by atoms with van der Waals surface area (Å²) in [6.07, 6.45) is -1.03. The van der Waals surface area contributed by atoms with Crippen LogP contribution >= 0.6 is 0 Å². The second-order valence-corrected chi connectivity index (χ2v) is 8.98. The van der Waals surface area contributed by atoms with Gasteiger partial charge >= 0.3 is 6.09 Å². The molecule has 3 atom stereocenters. The lowest BCUT2D eigenvalue weighted by Gasteiger charge is -2.33. The molecule has 0 unspecified atom stereocenters. The second kappa shape index (κ2) is 10.3. The largest absolute Gasteiger partial charge is 0.493 e. The zero-order valence-corrected chi connectivity index (χ0v) is 20.4. The molecule has 4 rings (SSSR count).